The molecule has 0 saturated heterocycles. The number of hydrogen-bond donors (Lipinski definition) is 2. The molecule has 1 aromatic carbocycles. The maximum Gasteiger partial charge on any atom is 0.239 e. The second kappa shape index (κ2) is 6.13. The van der Waals surface area contributed by atoms with E-state index < -0.39 is 0 Å². The number of amides is 1. The summed E-state index contributed by atoms with van der Waals surface area (Å²) in [5.41, 5.74) is 2.22. The van der Waals surface area contributed by atoms with Crippen LogP contribution in [0.2, 0.25) is 0 Å². The molecule has 0 spiro atoms. The second-order valence-electron chi connectivity index (χ2n) is 5.63. The first-order valence-corrected chi connectivity index (χ1v) is 6.98. The molecule has 0 aromatic heterocycles. The Morgan fingerprint density at radius 1 is 1.35 bits per heavy atom. The lowest BCUT2D eigenvalue weighted by Crippen LogP contribution is -2.46. The molecule has 1 unspecified atom stereocenters. The zero-order valence-electron chi connectivity index (χ0n) is 12.3. The maximum atomic E-state index is 12.1. The van der Waals surface area contributed by atoms with Crippen LogP contribution < -0.4 is 15.1 Å². The molecule has 1 atom stereocenters. The van der Waals surface area contributed by atoms with Crippen molar-refractivity contribution in [2.24, 2.45) is 5.92 Å². The average molecular weight is 277 g/mol. The smallest absolute Gasteiger partial charge is 0.239 e. The molecule has 0 aliphatic carbocycles. The number of nitrogens with zero attached hydrogens (tertiary/aromatic N) is 2. The van der Waals surface area contributed by atoms with Gasteiger partial charge in [0.05, 0.1) is 37.2 Å². The van der Waals surface area contributed by atoms with Gasteiger partial charge in [-0.15, -0.1) is 0 Å². The first-order valence-electron chi connectivity index (χ1n) is 6.98. The molecule has 110 valence electrons. The summed E-state index contributed by atoms with van der Waals surface area (Å²) >= 11 is 0. The highest BCUT2D eigenvalue weighted by Gasteiger charge is 2.25. The Kier molecular flexibility index (Phi) is 4.49. The Morgan fingerprint density at radius 3 is 2.60 bits per heavy atom. The van der Waals surface area contributed by atoms with Gasteiger partial charge in [0, 0.05) is 7.05 Å². The van der Waals surface area contributed by atoms with Crippen LogP contribution in [0.25, 0.3) is 0 Å². The van der Waals surface area contributed by atoms with Crippen LogP contribution in [0.4, 0.5) is 11.4 Å². The van der Waals surface area contributed by atoms with Crippen LogP contribution >= 0.6 is 0 Å². The van der Waals surface area contributed by atoms with Gasteiger partial charge in [-0.1, -0.05) is 26.0 Å². The number of para-hydroxylation sites is 2. The van der Waals surface area contributed by atoms with E-state index in [1.165, 1.54) is 0 Å². The number of carbonyl (C=O) groups is 1. The molecule has 5 heteroatoms. The topological polar surface area (TPSA) is 55.8 Å². The van der Waals surface area contributed by atoms with Gasteiger partial charge < -0.3 is 20.2 Å². The number of aliphatic hydroxyl groups is 1. The number of hydrogen-bond acceptors (Lipinski definition) is 4. The monoisotopic (exact) mass is 277 g/mol. The lowest BCUT2D eigenvalue weighted by molar-refractivity contribution is -0.121. The van der Waals surface area contributed by atoms with E-state index in [4.69, 9.17) is 0 Å². The third kappa shape index (κ3) is 3.04. The molecule has 2 rings (SSSR count). The third-order valence-electron chi connectivity index (χ3n) is 3.70. The average Bonchev–Trinajstić information content (AvgIpc) is 2.73. The summed E-state index contributed by atoms with van der Waals surface area (Å²) in [5, 5.41) is 12.2. The predicted molar refractivity (Wildman–Crippen MR) is 80.9 cm³/mol. The molecule has 0 saturated carbocycles. The molecule has 1 amide bonds. The third-order valence-corrected chi connectivity index (χ3v) is 3.70. The van der Waals surface area contributed by atoms with Crippen molar-refractivity contribution in [1.82, 2.24) is 5.32 Å². The molecule has 1 aliphatic heterocycles. The molecule has 1 aromatic rings. The van der Waals surface area contributed by atoms with Gasteiger partial charge in [-0.2, -0.15) is 0 Å². The van der Waals surface area contributed by atoms with Crippen molar-refractivity contribution in [1.29, 1.82) is 0 Å². The Morgan fingerprint density at radius 2 is 2.00 bits per heavy atom. The van der Waals surface area contributed by atoms with E-state index in [2.05, 4.69) is 16.3 Å². The molecular weight excluding hydrogens is 254 g/mol. The van der Waals surface area contributed by atoms with Gasteiger partial charge in [0.2, 0.25) is 5.91 Å². The number of benzene rings is 1. The SMILES string of the molecule is CC(C)C(CO)NC(=O)CN1CN(C)c2ccccc21. The minimum Gasteiger partial charge on any atom is -0.394 e. The van der Waals surface area contributed by atoms with Crippen molar-refractivity contribution in [3.63, 3.8) is 0 Å². The molecule has 1 aliphatic rings. The van der Waals surface area contributed by atoms with Gasteiger partial charge >= 0.3 is 0 Å². The van der Waals surface area contributed by atoms with Gasteiger partial charge in [-0.3, -0.25) is 4.79 Å². The molecule has 2 N–H and O–H groups in total. The van der Waals surface area contributed by atoms with Crippen molar-refractivity contribution in [2.75, 3.05) is 36.7 Å². The first-order chi connectivity index (χ1) is 9.52. The van der Waals surface area contributed by atoms with Gasteiger partial charge in [0.25, 0.3) is 0 Å². The standard InChI is InChI=1S/C15H23N3O2/c1-11(2)12(9-19)16-15(20)8-18-10-17(3)13-6-4-5-7-14(13)18/h4-7,11-12,19H,8-10H2,1-3H3,(H,16,20). The van der Waals surface area contributed by atoms with Crippen molar-refractivity contribution in [3.8, 4) is 0 Å². The molecule has 20 heavy (non-hydrogen) atoms. The Bertz CT molecular complexity index is 476. The number of rotatable bonds is 5. The fourth-order valence-electron chi connectivity index (χ4n) is 2.45. The Hall–Kier alpha value is -1.75. The quantitative estimate of drug-likeness (QED) is 0.844. The van der Waals surface area contributed by atoms with E-state index in [1.807, 2.05) is 44.0 Å². The van der Waals surface area contributed by atoms with E-state index in [1.54, 1.807) is 0 Å². The highest BCUT2D eigenvalue weighted by atomic mass is 16.3. The lowest BCUT2D eigenvalue weighted by Gasteiger charge is -2.23. The van der Waals surface area contributed by atoms with Crippen LogP contribution in [0.3, 0.4) is 0 Å². The summed E-state index contributed by atoms with van der Waals surface area (Å²) in [4.78, 5) is 16.3. The molecule has 1 heterocycles. The summed E-state index contributed by atoms with van der Waals surface area (Å²) in [7, 11) is 2.02. The normalized spacial score (nSPS) is 15.4. The van der Waals surface area contributed by atoms with E-state index in [0.29, 0.717) is 13.2 Å². The minimum absolute atomic E-state index is 0.0279. The molecule has 0 fully saturated rings. The van der Waals surface area contributed by atoms with Crippen molar-refractivity contribution in [3.05, 3.63) is 24.3 Å². The maximum absolute atomic E-state index is 12.1. The molecule has 5 nitrogen and oxygen atoms in total. The van der Waals surface area contributed by atoms with Crippen molar-refractivity contribution < 1.29 is 9.90 Å². The summed E-state index contributed by atoms with van der Waals surface area (Å²) in [5.74, 6) is 0.167. The predicted octanol–water partition coefficient (Wildman–Crippen LogP) is 1.03. The zero-order chi connectivity index (χ0) is 14.7. The first kappa shape index (κ1) is 14.7. The second-order valence-corrected chi connectivity index (χ2v) is 5.63. The number of aliphatic hydroxyl groups excluding tert-OH is 1. The zero-order valence-corrected chi connectivity index (χ0v) is 12.3. The molecular formula is C15H23N3O2. The highest BCUT2D eigenvalue weighted by molar-refractivity contribution is 5.85. The number of fused-ring (bicyclic) bond motifs is 1. The fourth-order valence-corrected chi connectivity index (χ4v) is 2.45. The van der Waals surface area contributed by atoms with Gasteiger partial charge in [-0.05, 0) is 18.1 Å². The Balaban J connectivity index is 2.00. The van der Waals surface area contributed by atoms with Gasteiger partial charge in [-0.25, -0.2) is 0 Å². The largest absolute Gasteiger partial charge is 0.394 e. The van der Waals surface area contributed by atoms with Crippen LogP contribution in [-0.2, 0) is 4.79 Å². The number of nitrogens with one attached hydrogen (secondary N) is 1. The van der Waals surface area contributed by atoms with E-state index in [-0.39, 0.29) is 24.5 Å². The van der Waals surface area contributed by atoms with Crippen LogP contribution in [0.5, 0.6) is 0 Å². The van der Waals surface area contributed by atoms with Gasteiger partial charge in [0.1, 0.15) is 0 Å². The highest BCUT2D eigenvalue weighted by Crippen LogP contribution is 2.33. The van der Waals surface area contributed by atoms with Crippen LogP contribution in [0.15, 0.2) is 24.3 Å². The van der Waals surface area contributed by atoms with Crippen LogP contribution in [0, 0.1) is 5.92 Å². The summed E-state index contributed by atoms with van der Waals surface area (Å²) < 4.78 is 0. The van der Waals surface area contributed by atoms with E-state index in [0.717, 1.165) is 11.4 Å². The lowest BCUT2D eigenvalue weighted by atomic mass is 10.1. The van der Waals surface area contributed by atoms with Crippen molar-refractivity contribution >= 4 is 17.3 Å². The number of anilines is 2. The van der Waals surface area contributed by atoms with Gasteiger partial charge in [0.15, 0.2) is 0 Å². The molecule has 0 bridgehead atoms. The van der Waals surface area contributed by atoms with E-state index >= 15 is 0 Å². The Labute approximate surface area is 120 Å². The van der Waals surface area contributed by atoms with Crippen LogP contribution in [-0.4, -0.2) is 43.9 Å². The minimum atomic E-state index is -0.182. The summed E-state index contributed by atoms with van der Waals surface area (Å²) in [6, 6.07) is 7.88. The van der Waals surface area contributed by atoms with E-state index in [9.17, 15) is 9.90 Å². The van der Waals surface area contributed by atoms with Crippen LogP contribution in [0.1, 0.15) is 13.8 Å². The fraction of sp³-hybridized carbons (Fsp3) is 0.533. The molecule has 0 radical (unpaired) electrons. The summed E-state index contributed by atoms with van der Waals surface area (Å²) in [6.07, 6.45) is 0. The number of carbonyl (C=O) groups excluding carboxylic acids is 1. The summed E-state index contributed by atoms with van der Waals surface area (Å²) in [6.45, 7) is 4.96. The van der Waals surface area contributed by atoms with Crippen molar-refractivity contribution in [2.45, 2.75) is 19.9 Å².